The zero-order valence-corrected chi connectivity index (χ0v) is 18.8. The highest BCUT2D eigenvalue weighted by atomic mass is 33.1. The van der Waals surface area contributed by atoms with Crippen LogP contribution in [0.2, 0.25) is 0 Å². The lowest BCUT2D eigenvalue weighted by molar-refractivity contribution is -0.118. The molecule has 0 unspecified atom stereocenters. The second kappa shape index (κ2) is 10.1. The van der Waals surface area contributed by atoms with Crippen molar-refractivity contribution in [2.24, 2.45) is 0 Å². The molecule has 4 N–H and O–H groups in total. The van der Waals surface area contributed by atoms with Gasteiger partial charge in [0, 0.05) is 35.5 Å². The molecule has 0 radical (unpaired) electrons. The van der Waals surface area contributed by atoms with Crippen LogP contribution in [0.4, 0.5) is 22.7 Å². The van der Waals surface area contributed by atoms with E-state index in [-0.39, 0.29) is 36.5 Å². The van der Waals surface area contributed by atoms with E-state index in [1.165, 1.54) is 21.6 Å². The molecule has 0 atom stereocenters. The largest absolute Gasteiger partial charge is 0.324 e. The predicted octanol–water partition coefficient (Wildman–Crippen LogP) is 4.61. The minimum Gasteiger partial charge on any atom is -0.324 e. The molecule has 0 aromatic heterocycles. The van der Waals surface area contributed by atoms with Crippen molar-refractivity contribution >= 4 is 68.0 Å². The fourth-order valence-corrected chi connectivity index (χ4v) is 5.71. The van der Waals surface area contributed by atoms with Crippen LogP contribution >= 0.6 is 21.6 Å². The van der Waals surface area contributed by atoms with Crippen LogP contribution in [0.25, 0.3) is 0 Å². The molecule has 0 spiro atoms. The van der Waals surface area contributed by atoms with Gasteiger partial charge >= 0.3 is 0 Å². The first-order valence-electron chi connectivity index (χ1n) is 10.3. The molecule has 0 fully saturated rings. The Morgan fingerprint density at radius 1 is 0.531 bits per heavy atom. The summed E-state index contributed by atoms with van der Waals surface area (Å²) in [4.78, 5) is 50.3. The highest BCUT2D eigenvalue weighted by molar-refractivity contribution is 8.76. The molecule has 0 bridgehead atoms. The minimum absolute atomic E-state index is 0.128. The van der Waals surface area contributed by atoms with Gasteiger partial charge in [-0.05, 0) is 37.1 Å². The van der Waals surface area contributed by atoms with Gasteiger partial charge in [-0.25, -0.2) is 0 Å². The molecule has 2 aromatic carbocycles. The Labute approximate surface area is 193 Å². The zero-order valence-electron chi connectivity index (χ0n) is 17.2. The third kappa shape index (κ3) is 5.43. The van der Waals surface area contributed by atoms with Crippen molar-refractivity contribution in [1.82, 2.24) is 0 Å². The van der Waals surface area contributed by atoms with Crippen molar-refractivity contribution < 1.29 is 19.2 Å². The summed E-state index contributed by atoms with van der Waals surface area (Å²) in [5.74, 6) is -0.540. The molecular formula is C22H22N4O4S2. The van der Waals surface area contributed by atoms with Gasteiger partial charge in [-0.2, -0.15) is 0 Å². The number of para-hydroxylation sites is 2. The van der Waals surface area contributed by atoms with Gasteiger partial charge in [0.1, 0.15) is 0 Å². The Morgan fingerprint density at radius 2 is 0.906 bits per heavy atom. The van der Waals surface area contributed by atoms with Gasteiger partial charge in [-0.3, -0.25) is 19.2 Å². The third-order valence-electron chi connectivity index (χ3n) is 4.97. The first-order chi connectivity index (χ1) is 15.5. The number of carbonyl (C=O) groups is 4. The average Bonchev–Trinajstić information content (AvgIpc) is 2.86. The molecule has 32 heavy (non-hydrogen) atoms. The Balaban J connectivity index is 1.62. The number of rotatable bonds is 3. The molecule has 2 heterocycles. The molecule has 2 aliphatic heterocycles. The van der Waals surface area contributed by atoms with Crippen molar-refractivity contribution in [1.29, 1.82) is 0 Å². The molecular weight excluding hydrogens is 448 g/mol. The molecule has 8 nitrogen and oxygen atoms in total. The van der Waals surface area contributed by atoms with Crippen LogP contribution in [-0.2, 0) is 19.2 Å². The summed E-state index contributed by atoms with van der Waals surface area (Å²) >= 11 is 0. The van der Waals surface area contributed by atoms with Gasteiger partial charge in [0.05, 0.1) is 22.7 Å². The first kappa shape index (κ1) is 22.2. The smallest absolute Gasteiger partial charge is 0.224 e. The summed E-state index contributed by atoms with van der Waals surface area (Å²) < 4.78 is 0. The molecule has 0 saturated carbocycles. The molecule has 10 heteroatoms. The van der Waals surface area contributed by atoms with Crippen LogP contribution in [0.15, 0.2) is 46.2 Å². The fraction of sp³-hybridized carbons (Fsp3) is 0.273. The number of carbonyl (C=O) groups excluding carboxylic acids is 4. The maximum atomic E-state index is 12.3. The standard InChI is InChI=1S/C22H22N4O4S2/c27-17-9-3-11-19(29)25-21-13(23-17)5-1-7-15(21)31-32-16-8-2-6-14-22(16)26-20(30)12-4-10-18(28)24-14/h1-2,5-8H,3-4,9-12H2,(H,23,27)(H,24,28)(H,25,29)(H,26,30). The monoisotopic (exact) mass is 470 g/mol. The third-order valence-corrected chi connectivity index (χ3v) is 7.42. The van der Waals surface area contributed by atoms with Crippen LogP contribution in [0.1, 0.15) is 38.5 Å². The van der Waals surface area contributed by atoms with Crippen molar-refractivity contribution in [3.63, 3.8) is 0 Å². The Hall–Kier alpha value is -2.98. The number of nitrogens with one attached hydrogen (secondary N) is 4. The highest BCUT2D eigenvalue weighted by Gasteiger charge is 2.20. The number of amides is 4. The van der Waals surface area contributed by atoms with Crippen LogP contribution in [0, 0.1) is 0 Å². The van der Waals surface area contributed by atoms with Crippen molar-refractivity contribution in [2.45, 2.75) is 48.3 Å². The quantitative estimate of drug-likeness (QED) is 0.487. The lowest BCUT2D eigenvalue weighted by atomic mass is 10.2. The summed E-state index contributed by atoms with van der Waals surface area (Å²) in [5.41, 5.74) is 2.21. The van der Waals surface area contributed by atoms with E-state index in [0.717, 1.165) is 9.79 Å². The van der Waals surface area contributed by atoms with E-state index < -0.39 is 0 Å². The number of fused-ring (bicyclic) bond motifs is 2. The predicted molar refractivity (Wildman–Crippen MR) is 127 cm³/mol. The summed E-state index contributed by atoms with van der Waals surface area (Å²) in [6.45, 7) is 0. The van der Waals surface area contributed by atoms with Gasteiger partial charge in [-0.1, -0.05) is 33.7 Å². The Morgan fingerprint density at radius 3 is 1.31 bits per heavy atom. The molecule has 4 amide bonds. The SMILES string of the molecule is O=C1CCCC(=O)Nc2c(cccc2SSc2cccc3c2NC(=O)CCCC(=O)N3)N1. The van der Waals surface area contributed by atoms with Crippen LogP contribution in [-0.4, -0.2) is 23.6 Å². The van der Waals surface area contributed by atoms with Gasteiger partial charge in [0.25, 0.3) is 0 Å². The molecule has 166 valence electrons. The normalized spacial score (nSPS) is 16.9. The summed E-state index contributed by atoms with van der Waals surface area (Å²) in [7, 11) is 2.79. The van der Waals surface area contributed by atoms with Gasteiger partial charge < -0.3 is 21.3 Å². The second-order valence-corrected chi connectivity index (χ2v) is 9.64. The van der Waals surface area contributed by atoms with E-state index in [2.05, 4.69) is 21.3 Å². The van der Waals surface area contributed by atoms with Crippen molar-refractivity contribution in [3.8, 4) is 0 Å². The zero-order chi connectivity index (χ0) is 22.5. The summed E-state index contributed by atoms with van der Waals surface area (Å²) in [5, 5.41) is 11.6. The summed E-state index contributed by atoms with van der Waals surface area (Å²) in [6, 6.07) is 10.9. The lowest BCUT2D eigenvalue weighted by Crippen LogP contribution is -2.13. The number of hydrogen-bond acceptors (Lipinski definition) is 6. The van der Waals surface area contributed by atoms with Crippen LogP contribution < -0.4 is 21.3 Å². The first-order valence-corrected chi connectivity index (χ1v) is 12.4. The Bertz CT molecular complexity index is 1000. The van der Waals surface area contributed by atoms with E-state index in [1.807, 2.05) is 24.3 Å². The number of anilines is 4. The topological polar surface area (TPSA) is 116 Å². The van der Waals surface area contributed by atoms with Gasteiger partial charge in [0.15, 0.2) is 0 Å². The minimum atomic E-state index is -0.142. The molecule has 2 aromatic rings. The van der Waals surface area contributed by atoms with Crippen LogP contribution in [0.5, 0.6) is 0 Å². The van der Waals surface area contributed by atoms with Crippen molar-refractivity contribution in [3.05, 3.63) is 36.4 Å². The van der Waals surface area contributed by atoms with E-state index in [0.29, 0.717) is 48.4 Å². The second-order valence-electron chi connectivity index (χ2n) is 7.42. The molecule has 0 saturated heterocycles. The van der Waals surface area contributed by atoms with Crippen LogP contribution in [0.3, 0.4) is 0 Å². The lowest BCUT2D eigenvalue weighted by Gasteiger charge is -2.17. The van der Waals surface area contributed by atoms with Gasteiger partial charge in [-0.15, -0.1) is 0 Å². The fourth-order valence-electron chi connectivity index (χ4n) is 3.41. The molecule has 0 aliphatic carbocycles. The van der Waals surface area contributed by atoms with E-state index in [4.69, 9.17) is 0 Å². The van der Waals surface area contributed by atoms with E-state index >= 15 is 0 Å². The molecule has 4 rings (SSSR count). The number of benzene rings is 2. The number of hydrogen-bond donors (Lipinski definition) is 4. The van der Waals surface area contributed by atoms with E-state index in [1.54, 1.807) is 12.1 Å². The maximum Gasteiger partial charge on any atom is 0.224 e. The van der Waals surface area contributed by atoms with Crippen molar-refractivity contribution in [2.75, 3.05) is 21.3 Å². The van der Waals surface area contributed by atoms with Gasteiger partial charge in [0.2, 0.25) is 23.6 Å². The summed E-state index contributed by atoms with van der Waals surface area (Å²) in [6.07, 6.45) is 2.11. The van der Waals surface area contributed by atoms with E-state index in [9.17, 15) is 19.2 Å². The Kier molecular flexibility index (Phi) is 7.01. The molecule has 2 aliphatic rings. The maximum absolute atomic E-state index is 12.3. The highest BCUT2D eigenvalue weighted by Crippen LogP contribution is 2.47. The average molecular weight is 471 g/mol.